The molecule has 1 heterocycles. The second kappa shape index (κ2) is 9.74. The Hall–Kier alpha value is -3.20. The zero-order valence-electron chi connectivity index (χ0n) is 19.3. The van der Waals surface area contributed by atoms with Crippen LogP contribution in [-0.2, 0) is 19.6 Å². The standard InChI is InChI=1S/C24H30N4O4S/c1-5-6-10-19(27-21-18-9-7-8-11-20(18)33(31,32)28-21)22(29)25-16-12-14-17(15-13-16)26-23(30)24(2,3)4/h7-9,11-15,19H,5-6,10H2,1-4H3,(H,25,29)(H,26,30)(H,27,28). The van der Waals surface area contributed by atoms with Crippen LogP contribution < -0.4 is 15.4 Å². The average Bonchev–Trinajstić information content (AvgIpc) is 3.02. The van der Waals surface area contributed by atoms with E-state index in [1.165, 1.54) is 6.07 Å². The highest BCUT2D eigenvalue weighted by Gasteiger charge is 2.31. The third-order valence-corrected chi connectivity index (χ3v) is 6.57. The normalized spacial score (nSPS) is 16.5. The molecule has 0 bridgehead atoms. The third kappa shape index (κ3) is 5.98. The number of sulfonamides is 1. The van der Waals surface area contributed by atoms with Crippen molar-refractivity contribution in [1.29, 1.82) is 0 Å². The molecule has 2 aromatic carbocycles. The number of benzene rings is 2. The fourth-order valence-corrected chi connectivity index (χ4v) is 4.46. The molecule has 0 aromatic heterocycles. The second-order valence-electron chi connectivity index (χ2n) is 9.01. The van der Waals surface area contributed by atoms with E-state index in [4.69, 9.17) is 0 Å². The number of hydrogen-bond acceptors (Lipinski definition) is 5. The van der Waals surface area contributed by atoms with Gasteiger partial charge in [-0.1, -0.05) is 52.7 Å². The number of nitrogens with zero attached hydrogens (tertiary/aromatic N) is 1. The minimum Gasteiger partial charge on any atom is -0.326 e. The summed E-state index contributed by atoms with van der Waals surface area (Å²) >= 11 is 0. The molecular formula is C24H30N4O4S. The van der Waals surface area contributed by atoms with Gasteiger partial charge < -0.3 is 10.6 Å². The van der Waals surface area contributed by atoms with Crippen LogP contribution in [0.3, 0.4) is 0 Å². The van der Waals surface area contributed by atoms with Gasteiger partial charge in [-0.15, -0.1) is 0 Å². The van der Waals surface area contributed by atoms with Gasteiger partial charge in [-0.25, -0.2) is 8.42 Å². The Morgan fingerprint density at radius 1 is 1.00 bits per heavy atom. The van der Waals surface area contributed by atoms with E-state index in [0.29, 0.717) is 23.4 Å². The summed E-state index contributed by atoms with van der Waals surface area (Å²) < 4.78 is 27.2. The van der Waals surface area contributed by atoms with Crippen molar-refractivity contribution >= 4 is 39.0 Å². The molecule has 0 aliphatic carbocycles. The van der Waals surface area contributed by atoms with Gasteiger partial charge in [0.1, 0.15) is 11.9 Å². The van der Waals surface area contributed by atoms with Gasteiger partial charge in [-0.2, -0.15) is 0 Å². The van der Waals surface area contributed by atoms with E-state index in [-0.39, 0.29) is 22.5 Å². The molecule has 33 heavy (non-hydrogen) atoms. The SMILES string of the molecule is CCCCC(N=C1NS(=O)(=O)c2ccccc21)C(=O)Nc1ccc(NC(=O)C(C)(C)C)cc1. The van der Waals surface area contributed by atoms with Gasteiger partial charge in [0.15, 0.2) is 0 Å². The average molecular weight is 471 g/mol. The molecule has 0 spiro atoms. The molecule has 3 N–H and O–H groups in total. The smallest absolute Gasteiger partial charge is 0.263 e. The molecule has 0 fully saturated rings. The molecule has 2 aromatic rings. The zero-order chi connectivity index (χ0) is 24.2. The molecule has 1 aliphatic heterocycles. The van der Waals surface area contributed by atoms with Crippen molar-refractivity contribution in [1.82, 2.24) is 4.72 Å². The second-order valence-corrected chi connectivity index (χ2v) is 10.7. The molecule has 3 rings (SSSR count). The van der Waals surface area contributed by atoms with E-state index in [1.54, 1.807) is 42.5 Å². The molecule has 1 unspecified atom stereocenters. The predicted molar refractivity (Wildman–Crippen MR) is 130 cm³/mol. The maximum absolute atomic E-state index is 13.0. The lowest BCUT2D eigenvalue weighted by atomic mass is 9.95. The van der Waals surface area contributed by atoms with Crippen LogP contribution in [0.15, 0.2) is 58.4 Å². The van der Waals surface area contributed by atoms with Crippen molar-refractivity contribution in [3.05, 3.63) is 54.1 Å². The minimum absolute atomic E-state index is 0.103. The molecule has 0 saturated carbocycles. The number of fused-ring (bicyclic) bond motifs is 1. The first-order valence-corrected chi connectivity index (χ1v) is 12.4. The van der Waals surface area contributed by atoms with Crippen LogP contribution in [0.1, 0.15) is 52.5 Å². The van der Waals surface area contributed by atoms with Crippen molar-refractivity contribution in [2.24, 2.45) is 10.4 Å². The number of rotatable bonds is 7. The number of carbonyl (C=O) groups is 2. The van der Waals surface area contributed by atoms with Gasteiger partial charge in [0.25, 0.3) is 10.0 Å². The fourth-order valence-electron chi connectivity index (χ4n) is 3.22. The van der Waals surface area contributed by atoms with E-state index >= 15 is 0 Å². The van der Waals surface area contributed by atoms with E-state index in [0.717, 1.165) is 12.8 Å². The largest absolute Gasteiger partial charge is 0.326 e. The molecule has 0 saturated heterocycles. The van der Waals surface area contributed by atoms with E-state index < -0.39 is 21.5 Å². The molecule has 9 heteroatoms. The van der Waals surface area contributed by atoms with E-state index in [2.05, 4.69) is 20.3 Å². The van der Waals surface area contributed by atoms with Gasteiger partial charge >= 0.3 is 0 Å². The Morgan fingerprint density at radius 2 is 1.61 bits per heavy atom. The quantitative estimate of drug-likeness (QED) is 0.569. The summed E-state index contributed by atoms with van der Waals surface area (Å²) in [7, 11) is -3.68. The molecule has 0 radical (unpaired) electrons. The van der Waals surface area contributed by atoms with Crippen molar-refractivity contribution in [3.8, 4) is 0 Å². The number of nitrogens with one attached hydrogen (secondary N) is 3. The summed E-state index contributed by atoms with van der Waals surface area (Å²) in [5, 5.41) is 5.68. The Balaban J connectivity index is 1.77. The molecule has 8 nitrogen and oxygen atoms in total. The van der Waals surface area contributed by atoms with Gasteiger partial charge in [-0.05, 0) is 42.8 Å². The highest BCUT2D eigenvalue weighted by Crippen LogP contribution is 2.24. The predicted octanol–water partition coefficient (Wildman–Crippen LogP) is 3.91. The van der Waals surface area contributed by atoms with Crippen LogP contribution in [0.2, 0.25) is 0 Å². The summed E-state index contributed by atoms with van der Waals surface area (Å²) in [6.45, 7) is 7.51. The Bertz CT molecular complexity index is 1170. The first kappa shape index (κ1) is 24.4. The van der Waals surface area contributed by atoms with Gasteiger partial charge in [0.05, 0.1) is 4.90 Å². The summed E-state index contributed by atoms with van der Waals surface area (Å²) in [6, 6.07) is 12.7. The number of amides is 2. The lowest BCUT2D eigenvalue weighted by Gasteiger charge is -2.18. The third-order valence-electron chi connectivity index (χ3n) is 5.17. The number of unbranched alkanes of at least 4 members (excludes halogenated alkanes) is 1. The molecule has 176 valence electrons. The zero-order valence-corrected chi connectivity index (χ0v) is 20.1. The molecule has 1 aliphatic rings. The summed E-state index contributed by atoms with van der Waals surface area (Å²) in [4.78, 5) is 29.8. The van der Waals surface area contributed by atoms with Gasteiger partial charge in [-0.3, -0.25) is 19.3 Å². The van der Waals surface area contributed by atoms with Crippen LogP contribution in [0.5, 0.6) is 0 Å². The number of hydrogen-bond donors (Lipinski definition) is 3. The summed E-state index contributed by atoms with van der Waals surface area (Å²) in [5.74, 6) is -0.248. The van der Waals surface area contributed by atoms with Crippen LogP contribution >= 0.6 is 0 Å². The molecule has 1 atom stereocenters. The summed E-state index contributed by atoms with van der Waals surface area (Å²) in [6.07, 6.45) is 2.12. The Morgan fingerprint density at radius 3 is 2.21 bits per heavy atom. The summed E-state index contributed by atoms with van der Waals surface area (Å²) in [5.41, 5.74) is 1.14. The van der Waals surface area contributed by atoms with Crippen LogP contribution in [0, 0.1) is 5.41 Å². The lowest BCUT2D eigenvalue weighted by Crippen LogP contribution is -2.30. The maximum atomic E-state index is 13.0. The first-order chi connectivity index (χ1) is 15.5. The van der Waals surface area contributed by atoms with Crippen molar-refractivity contribution in [3.63, 3.8) is 0 Å². The van der Waals surface area contributed by atoms with Gasteiger partial charge in [0, 0.05) is 22.4 Å². The number of anilines is 2. The van der Waals surface area contributed by atoms with Crippen LogP contribution in [0.25, 0.3) is 0 Å². The van der Waals surface area contributed by atoms with E-state index in [9.17, 15) is 18.0 Å². The Kier molecular flexibility index (Phi) is 7.22. The number of carbonyl (C=O) groups excluding carboxylic acids is 2. The van der Waals surface area contributed by atoms with Crippen LogP contribution in [-0.4, -0.2) is 32.1 Å². The van der Waals surface area contributed by atoms with E-state index in [1.807, 2.05) is 27.7 Å². The molecular weight excluding hydrogens is 440 g/mol. The van der Waals surface area contributed by atoms with Crippen molar-refractivity contribution < 1.29 is 18.0 Å². The highest BCUT2D eigenvalue weighted by molar-refractivity contribution is 7.90. The highest BCUT2D eigenvalue weighted by atomic mass is 32.2. The molecule has 2 amide bonds. The minimum atomic E-state index is -3.68. The lowest BCUT2D eigenvalue weighted by molar-refractivity contribution is -0.123. The first-order valence-electron chi connectivity index (χ1n) is 10.9. The Labute approximate surface area is 194 Å². The van der Waals surface area contributed by atoms with Crippen molar-refractivity contribution in [2.45, 2.75) is 57.9 Å². The maximum Gasteiger partial charge on any atom is 0.263 e. The number of amidine groups is 1. The monoisotopic (exact) mass is 470 g/mol. The topological polar surface area (TPSA) is 117 Å². The number of aliphatic imine (C=N–C) groups is 1. The van der Waals surface area contributed by atoms with Crippen molar-refractivity contribution in [2.75, 3.05) is 10.6 Å². The van der Waals surface area contributed by atoms with Crippen LogP contribution in [0.4, 0.5) is 11.4 Å². The fraction of sp³-hybridized carbons (Fsp3) is 0.375. The van der Waals surface area contributed by atoms with Gasteiger partial charge in [0.2, 0.25) is 11.8 Å².